The van der Waals surface area contributed by atoms with Gasteiger partial charge in [0, 0.05) is 36.4 Å². The Hall–Kier alpha value is -1.32. The predicted octanol–water partition coefficient (Wildman–Crippen LogP) is 0.445. The molecule has 1 aliphatic heterocycles. The predicted molar refractivity (Wildman–Crippen MR) is 73.3 cm³/mol. The molecular formula is C14H12BN2O2V-. The van der Waals surface area contributed by atoms with E-state index >= 15 is 0 Å². The number of aryl methyl sites for hydroxylation is 2. The van der Waals surface area contributed by atoms with Crippen LogP contribution >= 0.6 is 0 Å². The normalized spacial score (nSPS) is 13.1. The molecular weight excluding hydrogens is 290 g/mol. The molecule has 0 aliphatic carbocycles. The zero-order valence-corrected chi connectivity index (χ0v) is 12.8. The number of aromatic nitrogens is 2. The number of ketones is 1. The van der Waals surface area contributed by atoms with Gasteiger partial charge in [-0.25, -0.2) is 0 Å². The topological polar surface area (TPSA) is 52.0 Å². The molecule has 2 aromatic heterocycles. The van der Waals surface area contributed by atoms with Crippen LogP contribution in [0.2, 0.25) is 0 Å². The van der Waals surface area contributed by atoms with Crippen molar-refractivity contribution in [2.75, 3.05) is 0 Å². The fourth-order valence-electron chi connectivity index (χ4n) is 2.80. The number of carbonyl (C=O) groups is 1. The SMILES string of the molecule is [B]c1c(C)n[c-]c2c(=O)c(C(C)=O)c3n(c12)CCC3.[V]. The van der Waals surface area contributed by atoms with Crippen LogP contribution in [0.15, 0.2) is 4.79 Å². The number of fused-ring (bicyclic) bond motifs is 3. The molecule has 0 unspecified atom stereocenters. The summed E-state index contributed by atoms with van der Waals surface area (Å²) in [5, 5.41) is 0.318. The van der Waals surface area contributed by atoms with Gasteiger partial charge in [-0.3, -0.25) is 4.79 Å². The van der Waals surface area contributed by atoms with Crippen LogP contribution in [0.3, 0.4) is 0 Å². The number of pyridine rings is 2. The smallest absolute Gasteiger partial charge is 0.156 e. The molecule has 0 atom stereocenters. The van der Waals surface area contributed by atoms with Crippen LogP contribution in [0.25, 0.3) is 10.9 Å². The van der Waals surface area contributed by atoms with Gasteiger partial charge in [0.2, 0.25) is 0 Å². The van der Waals surface area contributed by atoms with Crippen molar-refractivity contribution >= 4 is 30.0 Å². The van der Waals surface area contributed by atoms with Gasteiger partial charge >= 0.3 is 0 Å². The maximum atomic E-state index is 12.4. The van der Waals surface area contributed by atoms with E-state index in [0.717, 1.165) is 25.1 Å². The Bertz CT molecular complexity index is 783. The Labute approximate surface area is 129 Å². The van der Waals surface area contributed by atoms with Gasteiger partial charge in [0.25, 0.3) is 0 Å². The number of carbonyl (C=O) groups excluding carboxylic acids is 1. The zero-order chi connectivity index (χ0) is 13.7. The van der Waals surface area contributed by atoms with Gasteiger partial charge in [-0.2, -0.15) is 0 Å². The van der Waals surface area contributed by atoms with Gasteiger partial charge in [0.1, 0.15) is 5.43 Å². The second kappa shape index (κ2) is 5.23. The van der Waals surface area contributed by atoms with Gasteiger partial charge in [-0.05, 0) is 31.5 Å². The van der Waals surface area contributed by atoms with E-state index in [1.807, 2.05) is 4.57 Å². The molecule has 0 fully saturated rings. The van der Waals surface area contributed by atoms with Gasteiger partial charge in [-0.15, -0.1) is 5.46 Å². The molecule has 3 heterocycles. The van der Waals surface area contributed by atoms with Crippen LogP contribution in [0.4, 0.5) is 0 Å². The third kappa shape index (κ3) is 1.97. The summed E-state index contributed by atoms with van der Waals surface area (Å²) in [5.74, 6) is -0.204. The Morgan fingerprint density at radius 2 is 2.15 bits per heavy atom. The molecule has 3 rings (SSSR count). The summed E-state index contributed by atoms with van der Waals surface area (Å²) in [7, 11) is 6.06. The molecule has 0 bridgehead atoms. The fraction of sp³-hybridized carbons (Fsp3) is 0.357. The minimum absolute atomic E-state index is 0. The van der Waals surface area contributed by atoms with Crippen molar-refractivity contribution in [3.8, 4) is 0 Å². The summed E-state index contributed by atoms with van der Waals surface area (Å²) in [6, 6.07) is 0. The molecule has 0 spiro atoms. The molecule has 0 aromatic carbocycles. The number of Topliss-reactive ketones (excluding diaryl/α,β-unsaturated/α-hetero) is 1. The van der Waals surface area contributed by atoms with Crippen molar-refractivity contribution in [1.29, 1.82) is 0 Å². The molecule has 4 nitrogen and oxygen atoms in total. The van der Waals surface area contributed by atoms with E-state index < -0.39 is 0 Å². The van der Waals surface area contributed by atoms with Crippen molar-refractivity contribution in [3.05, 3.63) is 33.4 Å². The van der Waals surface area contributed by atoms with Gasteiger partial charge in [0.15, 0.2) is 5.78 Å². The largest absolute Gasteiger partial charge is 0.385 e. The van der Waals surface area contributed by atoms with Crippen LogP contribution in [-0.4, -0.2) is 23.2 Å². The van der Waals surface area contributed by atoms with E-state index in [0.29, 0.717) is 22.1 Å². The zero-order valence-electron chi connectivity index (χ0n) is 11.4. The molecule has 3 radical (unpaired) electrons. The van der Waals surface area contributed by atoms with E-state index in [-0.39, 0.29) is 35.3 Å². The monoisotopic (exact) mass is 302 g/mol. The summed E-state index contributed by atoms with van der Waals surface area (Å²) in [6.45, 7) is 3.98. The van der Waals surface area contributed by atoms with Crippen LogP contribution in [0.5, 0.6) is 0 Å². The van der Waals surface area contributed by atoms with Crippen LogP contribution < -0.4 is 10.9 Å². The average Bonchev–Trinajstić information content (AvgIpc) is 2.81. The molecule has 0 amide bonds. The number of nitrogens with zero attached hydrogens (tertiary/aromatic N) is 2. The van der Waals surface area contributed by atoms with Crippen molar-refractivity contribution in [3.63, 3.8) is 0 Å². The standard InChI is InChI=1S/C14H12BN2O2.V/c1-7-12(15)13-9(6-16-7)14(19)11(8(2)18)10-4-3-5-17(10)13;/h3-5H2,1-2H3;/q-1;. The first-order chi connectivity index (χ1) is 9.02. The van der Waals surface area contributed by atoms with E-state index in [4.69, 9.17) is 7.85 Å². The van der Waals surface area contributed by atoms with Gasteiger partial charge < -0.3 is 14.3 Å². The Kier molecular flexibility index (Phi) is 3.94. The summed E-state index contributed by atoms with van der Waals surface area (Å²) in [5.41, 5.74) is 2.61. The van der Waals surface area contributed by atoms with E-state index in [1.54, 1.807) is 6.92 Å². The molecule has 0 saturated heterocycles. The maximum absolute atomic E-state index is 12.4. The van der Waals surface area contributed by atoms with Gasteiger partial charge in [-0.1, -0.05) is 18.0 Å². The molecule has 6 heteroatoms. The van der Waals surface area contributed by atoms with Crippen molar-refractivity contribution in [2.45, 2.75) is 33.2 Å². The summed E-state index contributed by atoms with van der Waals surface area (Å²) in [4.78, 5) is 28.2. The van der Waals surface area contributed by atoms with Crippen LogP contribution in [0.1, 0.15) is 35.1 Å². The number of hydrogen-bond donors (Lipinski definition) is 0. The average molecular weight is 302 g/mol. The number of rotatable bonds is 1. The summed E-state index contributed by atoms with van der Waals surface area (Å²) in [6.07, 6.45) is 4.39. The Morgan fingerprint density at radius 1 is 1.45 bits per heavy atom. The fourth-order valence-corrected chi connectivity index (χ4v) is 2.80. The Morgan fingerprint density at radius 3 is 2.80 bits per heavy atom. The third-order valence-corrected chi connectivity index (χ3v) is 3.70. The molecule has 0 saturated carbocycles. The second-order valence-corrected chi connectivity index (χ2v) is 4.91. The summed E-state index contributed by atoms with van der Waals surface area (Å²) < 4.78 is 1.98. The molecule has 2 aromatic rings. The first kappa shape index (κ1) is 15.1. The molecule has 99 valence electrons. The van der Waals surface area contributed by atoms with E-state index in [9.17, 15) is 9.59 Å². The van der Waals surface area contributed by atoms with Crippen LogP contribution in [-0.2, 0) is 31.5 Å². The maximum Gasteiger partial charge on any atom is 0.156 e. The molecule has 0 N–H and O–H groups in total. The minimum Gasteiger partial charge on any atom is -0.385 e. The Balaban J connectivity index is 0.00000147. The van der Waals surface area contributed by atoms with E-state index in [1.165, 1.54) is 6.92 Å². The minimum atomic E-state index is -0.296. The first-order valence-corrected chi connectivity index (χ1v) is 6.26. The first-order valence-electron chi connectivity index (χ1n) is 6.26. The number of hydrogen-bond acceptors (Lipinski definition) is 3. The quantitative estimate of drug-likeness (QED) is 0.436. The second-order valence-electron chi connectivity index (χ2n) is 4.91. The van der Waals surface area contributed by atoms with Crippen molar-refractivity contribution in [1.82, 2.24) is 9.55 Å². The van der Waals surface area contributed by atoms with E-state index in [2.05, 4.69) is 11.2 Å². The molecule has 20 heavy (non-hydrogen) atoms. The summed E-state index contributed by atoms with van der Waals surface area (Å²) >= 11 is 0. The third-order valence-electron chi connectivity index (χ3n) is 3.70. The van der Waals surface area contributed by atoms with Gasteiger partial charge in [0.05, 0.1) is 7.85 Å². The van der Waals surface area contributed by atoms with Crippen molar-refractivity contribution in [2.24, 2.45) is 0 Å². The van der Waals surface area contributed by atoms with Crippen molar-refractivity contribution < 1.29 is 23.4 Å². The molecule has 1 aliphatic rings. The van der Waals surface area contributed by atoms with Crippen LogP contribution in [0, 0.1) is 13.1 Å².